The largest absolute Gasteiger partial charge is 0.492 e. The number of hydrogen-bond donors (Lipinski definition) is 2. The standard InChI is InChI=1S/C28H29FN6O3/c1-4-38-19-12-13-21(30-16-19)26-34-33-25(35(26)23-10-6-5-8-20(23)29)17-14-18(15-17)31-27(36)22-9-7-11-24(32-22)28(2,3)37/h5-13,16-18,37H,4,14-15H2,1-3H3,(H,31,36)/t17-,18-. The van der Waals surface area contributed by atoms with Crippen molar-refractivity contribution >= 4 is 5.91 Å². The minimum Gasteiger partial charge on any atom is -0.492 e. The number of para-hydroxylation sites is 1. The first-order valence-corrected chi connectivity index (χ1v) is 12.5. The summed E-state index contributed by atoms with van der Waals surface area (Å²) in [6, 6.07) is 14.9. The third-order valence-electron chi connectivity index (χ3n) is 6.50. The van der Waals surface area contributed by atoms with E-state index in [0.29, 0.717) is 53.9 Å². The molecule has 3 aromatic heterocycles. The Morgan fingerprint density at radius 1 is 1.13 bits per heavy atom. The average molecular weight is 517 g/mol. The van der Waals surface area contributed by atoms with Crippen LogP contribution >= 0.6 is 0 Å². The molecule has 1 aliphatic carbocycles. The number of carbonyl (C=O) groups is 1. The highest BCUT2D eigenvalue weighted by atomic mass is 19.1. The second-order valence-corrected chi connectivity index (χ2v) is 9.79. The van der Waals surface area contributed by atoms with E-state index in [1.165, 1.54) is 6.07 Å². The number of hydrogen-bond acceptors (Lipinski definition) is 7. The fraction of sp³-hybridized carbons (Fsp3) is 0.321. The summed E-state index contributed by atoms with van der Waals surface area (Å²) in [5.74, 6) is 0.909. The van der Waals surface area contributed by atoms with Crippen LogP contribution in [0.3, 0.4) is 0 Å². The summed E-state index contributed by atoms with van der Waals surface area (Å²) in [6.07, 6.45) is 2.83. The van der Waals surface area contributed by atoms with Crippen LogP contribution in [-0.4, -0.2) is 48.4 Å². The second kappa shape index (κ2) is 10.3. The maximum atomic E-state index is 14.9. The highest BCUT2D eigenvalue weighted by molar-refractivity contribution is 5.92. The maximum absolute atomic E-state index is 14.9. The molecule has 2 N–H and O–H groups in total. The van der Waals surface area contributed by atoms with Gasteiger partial charge in [-0.05, 0) is 70.0 Å². The summed E-state index contributed by atoms with van der Waals surface area (Å²) in [5, 5.41) is 22.0. The van der Waals surface area contributed by atoms with Gasteiger partial charge in [-0.25, -0.2) is 14.4 Å². The van der Waals surface area contributed by atoms with Gasteiger partial charge in [-0.15, -0.1) is 10.2 Å². The molecule has 1 fully saturated rings. The van der Waals surface area contributed by atoms with E-state index in [4.69, 9.17) is 4.74 Å². The molecule has 1 saturated carbocycles. The zero-order valence-corrected chi connectivity index (χ0v) is 21.4. The van der Waals surface area contributed by atoms with Crippen LogP contribution < -0.4 is 10.1 Å². The molecule has 0 atom stereocenters. The molecule has 10 heteroatoms. The number of amides is 1. The molecule has 0 spiro atoms. The zero-order chi connectivity index (χ0) is 26.9. The normalized spacial score (nSPS) is 17.1. The Labute approximate surface area is 219 Å². The Hall–Kier alpha value is -4.18. The fourth-order valence-electron chi connectivity index (χ4n) is 4.47. The van der Waals surface area contributed by atoms with Gasteiger partial charge in [0.15, 0.2) is 5.82 Å². The van der Waals surface area contributed by atoms with E-state index in [-0.39, 0.29) is 23.6 Å². The van der Waals surface area contributed by atoms with Crippen molar-refractivity contribution in [1.29, 1.82) is 0 Å². The van der Waals surface area contributed by atoms with Gasteiger partial charge in [-0.3, -0.25) is 9.36 Å². The Kier molecular flexibility index (Phi) is 6.90. The van der Waals surface area contributed by atoms with E-state index in [1.807, 2.05) is 6.92 Å². The van der Waals surface area contributed by atoms with Crippen molar-refractivity contribution in [1.82, 2.24) is 30.0 Å². The molecule has 1 aliphatic rings. The number of pyridine rings is 2. The summed E-state index contributed by atoms with van der Waals surface area (Å²) < 4.78 is 22.1. The van der Waals surface area contributed by atoms with Crippen LogP contribution in [0, 0.1) is 5.82 Å². The molecule has 5 rings (SSSR count). The van der Waals surface area contributed by atoms with Gasteiger partial charge in [0, 0.05) is 12.0 Å². The van der Waals surface area contributed by atoms with Crippen LogP contribution in [0.4, 0.5) is 4.39 Å². The first-order valence-electron chi connectivity index (χ1n) is 12.5. The molecule has 38 heavy (non-hydrogen) atoms. The average Bonchev–Trinajstić information content (AvgIpc) is 3.30. The SMILES string of the molecule is CCOc1ccc(-c2nnc([C@H]3C[C@H](NC(=O)c4cccc(C(C)(C)O)n4)C3)n2-c2ccccc2F)nc1. The van der Waals surface area contributed by atoms with Crippen LogP contribution in [0.1, 0.15) is 61.5 Å². The van der Waals surface area contributed by atoms with Gasteiger partial charge in [0.2, 0.25) is 0 Å². The lowest BCUT2D eigenvalue weighted by molar-refractivity contribution is 0.0732. The smallest absolute Gasteiger partial charge is 0.270 e. The van der Waals surface area contributed by atoms with Gasteiger partial charge in [-0.1, -0.05) is 18.2 Å². The fourth-order valence-corrected chi connectivity index (χ4v) is 4.47. The summed E-state index contributed by atoms with van der Waals surface area (Å²) in [7, 11) is 0. The monoisotopic (exact) mass is 516 g/mol. The minimum absolute atomic E-state index is 0.0421. The molecule has 3 heterocycles. The number of benzene rings is 1. The first-order chi connectivity index (χ1) is 18.2. The Morgan fingerprint density at radius 3 is 2.61 bits per heavy atom. The maximum Gasteiger partial charge on any atom is 0.270 e. The van der Waals surface area contributed by atoms with Crippen molar-refractivity contribution < 1.29 is 19.0 Å². The van der Waals surface area contributed by atoms with E-state index in [1.54, 1.807) is 73.1 Å². The van der Waals surface area contributed by atoms with Crippen LogP contribution in [0.5, 0.6) is 5.75 Å². The topological polar surface area (TPSA) is 115 Å². The lowest BCUT2D eigenvalue weighted by atomic mass is 9.79. The second-order valence-electron chi connectivity index (χ2n) is 9.79. The molecule has 0 bridgehead atoms. The molecule has 196 valence electrons. The van der Waals surface area contributed by atoms with Crippen molar-refractivity contribution in [3.63, 3.8) is 0 Å². The molecule has 0 unspecified atom stereocenters. The number of ether oxygens (including phenoxy) is 1. The number of carbonyl (C=O) groups excluding carboxylic acids is 1. The van der Waals surface area contributed by atoms with Crippen molar-refractivity contribution in [2.75, 3.05) is 6.61 Å². The van der Waals surface area contributed by atoms with Gasteiger partial charge in [0.25, 0.3) is 5.91 Å². The van der Waals surface area contributed by atoms with Crippen LogP contribution in [0.25, 0.3) is 17.2 Å². The Bertz CT molecular complexity index is 1440. The number of rotatable bonds is 8. The predicted molar refractivity (Wildman–Crippen MR) is 138 cm³/mol. The molecular formula is C28H29FN6O3. The number of nitrogens with one attached hydrogen (secondary N) is 1. The summed E-state index contributed by atoms with van der Waals surface area (Å²) in [5.41, 5.74) is 0.386. The molecule has 4 aromatic rings. The van der Waals surface area contributed by atoms with Gasteiger partial charge >= 0.3 is 0 Å². The molecule has 0 radical (unpaired) electrons. The van der Waals surface area contributed by atoms with E-state index >= 15 is 0 Å². The van der Waals surface area contributed by atoms with Crippen molar-refractivity contribution in [2.24, 2.45) is 0 Å². The Morgan fingerprint density at radius 2 is 1.92 bits per heavy atom. The number of halogens is 1. The summed E-state index contributed by atoms with van der Waals surface area (Å²) >= 11 is 0. The highest BCUT2D eigenvalue weighted by Crippen LogP contribution is 2.39. The summed E-state index contributed by atoms with van der Waals surface area (Å²) in [6.45, 7) is 5.66. The predicted octanol–water partition coefficient (Wildman–Crippen LogP) is 4.17. The quantitative estimate of drug-likeness (QED) is 0.361. The van der Waals surface area contributed by atoms with Crippen molar-refractivity contribution in [3.8, 4) is 23.0 Å². The van der Waals surface area contributed by atoms with Crippen molar-refractivity contribution in [2.45, 2.75) is 51.2 Å². The first kappa shape index (κ1) is 25.5. The minimum atomic E-state index is -1.15. The lowest BCUT2D eigenvalue weighted by Gasteiger charge is -2.35. The van der Waals surface area contributed by atoms with Crippen LogP contribution in [-0.2, 0) is 5.60 Å². The zero-order valence-electron chi connectivity index (χ0n) is 21.4. The van der Waals surface area contributed by atoms with Crippen LogP contribution in [0.2, 0.25) is 0 Å². The van der Waals surface area contributed by atoms with E-state index in [9.17, 15) is 14.3 Å². The third kappa shape index (κ3) is 5.12. The molecule has 0 saturated heterocycles. The molecule has 0 aliphatic heterocycles. The summed E-state index contributed by atoms with van der Waals surface area (Å²) in [4.78, 5) is 21.6. The van der Waals surface area contributed by atoms with Gasteiger partial charge in [0.05, 0.1) is 24.2 Å². The molecule has 1 amide bonds. The third-order valence-corrected chi connectivity index (χ3v) is 6.50. The molecular weight excluding hydrogens is 487 g/mol. The van der Waals surface area contributed by atoms with E-state index in [0.717, 1.165) is 0 Å². The van der Waals surface area contributed by atoms with Crippen LogP contribution in [0.15, 0.2) is 60.8 Å². The number of aromatic nitrogens is 5. The van der Waals surface area contributed by atoms with E-state index < -0.39 is 11.4 Å². The Balaban J connectivity index is 1.37. The van der Waals surface area contributed by atoms with E-state index in [2.05, 4.69) is 25.5 Å². The number of aliphatic hydroxyl groups is 1. The molecule has 9 nitrogen and oxygen atoms in total. The van der Waals surface area contributed by atoms with Gasteiger partial charge in [-0.2, -0.15) is 0 Å². The lowest BCUT2D eigenvalue weighted by Crippen LogP contribution is -2.44. The highest BCUT2D eigenvalue weighted by Gasteiger charge is 2.37. The van der Waals surface area contributed by atoms with Crippen molar-refractivity contribution in [3.05, 3.63) is 83.8 Å². The van der Waals surface area contributed by atoms with Gasteiger partial charge < -0.3 is 15.2 Å². The van der Waals surface area contributed by atoms with Gasteiger partial charge in [0.1, 0.15) is 34.4 Å². The molecule has 1 aromatic carbocycles. The number of nitrogens with zero attached hydrogens (tertiary/aromatic N) is 5.